The van der Waals surface area contributed by atoms with Gasteiger partial charge in [0.2, 0.25) is 0 Å². The standard InChI is InChI=1S/C19H18ClN3O/c1-13(14-5-3-2-4-6-14)12-21-19(24)18-11-17(22-23-18)15-7-9-16(20)10-8-15/h2-11,13H,12H2,1H3,(H,21,24)(H,22,23)/t13-/m1/s1. The van der Waals surface area contributed by atoms with E-state index < -0.39 is 0 Å². The van der Waals surface area contributed by atoms with Gasteiger partial charge < -0.3 is 5.32 Å². The molecular weight excluding hydrogens is 322 g/mol. The summed E-state index contributed by atoms with van der Waals surface area (Å²) in [5.74, 6) is 0.0827. The summed E-state index contributed by atoms with van der Waals surface area (Å²) in [5.41, 5.74) is 3.27. The molecule has 0 aliphatic heterocycles. The third-order valence-electron chi connectivity index (χ3n) is 3.90. The van der Waals surface area contributed by atoms with E-state index >= 15 is 0 Å². The van der Waals surface area contributed by atoms with Crippen molar-refractivity contribution in [3.05, 3.63) is 76.9 Å². The molecule has 0 aliphatic rings. The molecular formula is C19H18ClN3O. The first-order valence-corrected chi connectivity index (χ1v) is 8.16. The second kappa shape index (κ2) is 7.32. The number of aromatic nitrogens is 2. The van der Waals surface area contributed by atoms with Gasteiger partial charge in [0, 0.05) is 17.1 Å². The number of rotatable bonds is 5. The van der Waals surface area contributed by atoms with Crippen molar-refractivity contribution in [2.75, 3.05) is 6.54 Å². The fourth-order valence-corrected chi connectivity index (χ4v) is 2.57. The smallest absolute Gasteiger partial charge is 0.269 e. The number of halogens is 1. The van der Waals surface area contributed by atoms with E-state index in [0.29, 0.717) is 23.0 Å². The van der Waals surface area contributed by atoms with Crippen LogP contribution in [0.3, 0.4) is 0 Å². The second-order valence-electron chi connectivity index (χ2n) is 5.70. The Morgan fingerprint density at radius 2 is 1.88 bits per heavy atom. The van der Waals surface area contributed by atoms with E-state index in [-0.39, 0.29) is 11.8 Å². The number of benzene rings is 2. The Labute approximate surface area is 145 Å². The number of amides is 1. The van der Waals surface area contributed by atoms with E-state index in [2.05, 4.69) is 34.6 Å². The van der Waals surface area contributed by atoms with E-state index in [1.165, 1.54) is 5.56 Å². The Morgan fingerprint density at radius 3 is 2.58 bits per heavy atom. The molecule has 0 aliphatic carbocycles. The normalized spacial score (nSPS) is 11.9. The van der Waals surface area contributed by atoms with Crippen LogP contribution < -0.4 is 5.32 Å². The molecule has 0 fully saturated rings. The van der Waals surface area contributed by atoms with Crippen LogP contribution in [0.1, 0.15) is 28.9 Å². The minimum atomic E-state index is -0.162. The summed E-state index contributed by atoms with van der Waals surface area (Å²) in [6.45, 7) is 2.65. The molecule has 0 unspecified atom stereocenters. The van der Waals surface area contributed by atoms with E-state index in [1.807, 2.05) is 30.3 Å². The number of nitrogens with zero attached hydrogens (tertiary/aromatic N) is 1. The van der Waals surface area contributed by atoms with Gasteiger partial charge in [-0.1, -0.05) is 61.0 Å². The molecule has 0 bridgehead atoms. The predicted molar refractivity (Wildman–Crippen MR) is 96.2 cm³/mol. The average Bonchev–Trinajstić information content (AvgIpc) is 3.11. The van der Waals surface area contributed by atoms with Crippen molar-refractivity contribution in [1.82, 2.24) is 15.5 Å². The molecule has 2 aromatic carbocycles. The average molecular weight is 340 g/mol. The Balaban J connectivity index is 1.63. The zero-order valence-corrected chi connectivity index (χ0v) is 14.0. The van der Waals surface area contributed by atoms with Gasteiger partial charge in [-0.15, -0.1) is 0 Å². The Kier molecular flexibility index (Phi) is 4.96. The monoisotopic (exact) mass is 339 g/mol. The van der Waals surface area contributed by atoms with Crippen LogP contribution in [0.15, 0.2) is 60.7 Å². The van der Waals surface area contributed by atoms with Crippen molar-refractivity contribution in [2.45, 2.75) is 12.8 Å². The Morgan fingerprint density at radius 1 is 1.17 bits per heavy atom. The number of carbonyl (C=O) groups excluding carboxylic acids is 1. The van der Waals surface area contributed by atoms with Gasteiger partial charge in [0.25, 0.3) is 5.91 Å². The molecule has 24 heavy (non-hydrogen) atoms. The summed E-state index contributed by atoms with van der Waals surface area (Å²) < 4.78 is 0. The lowest BCUT2D eigenvalue weighted by Crippen LogP contribution is -2.27. The summed E-state index contributed by atoms with van der Waals surface area (Å²) in [7, 11) is 0. The quantitative estimate of drug-likeness (QED) is 0.729. The van der Waals surface area contributed by atoms with Crippen molar-refractivity contribution in [2.24, 2.45) is 0 Å². The summed E-state index contributed by atoms with van der Waals surface area (Å²) in [5, 5.41) is 10.6. The summed E-state index contributed by atoms with van der Waals surface area (Å²) in [4.78, 5) is 12.3. The molecule has 0 saturated carbocycles. The highest BCUT2D eigenvalue weighted by Crippen LogP contribution is 2.20. The number of nitrogens with one attached hydrogen (secondary N) is 2. The third-order valence-corrected chi connectivity index (χ3v) is 4.15. The van der Waals surface area contributed by atoms with Gasteiger partial charge in [-0.25, -0.2) is 0 Å². The van der Waals surface area contributed by atoms with Crippen LogP contribution >= 0.6 is 11.6 Å². The van der Waals surface area contributed by atoms with Gasteiger partial charge >= 0.3 is 0 Å². The van der Waals surface area contributed by atoms with Crippen LogP contribution in [0, 0.1) is 0 Å². The first-order valence-electron chi connectivity index (χ1n) is 7.78. The van der Waals surface area contributed by atoms with Gasteiger partial charge in [-0.2, -0.15) is 5.10 Å². The van der Waals surface area contributed by atoms with Gasteiger partial charge in [0.1, 0.15) is 5.69 Å². The highest BCUT2D eigenvalue weighted by atomic mass is 35.5. The van der Waals surface area contributed by atoms with Crippen molar-refractivity contribution >= 4 is 17.5 Å². The van der Waals surface area contributed by atoms with Crippen LogP contribution in [-0.4, -0.2) is 22.6 Å². The van der Waals surface area contributed by atoms with Gasteiger partial charge in [-0.05, 0) is 29.7 Å². The largest absolute Gasteiger partial charge is 0.350 e. The maximum atomic E-state index is 12.3. The van der Waals surface area contributed by atoms with Crippen LogP contribution in [0.4, 0.5) is 0 Å². The molecule has 1 aromatic heterocycles. The van der Waals surface area contributed by atoms with Crippen LogP contribution in [0.25, 0.3) is 11.3 Å². The first-order chi connectivity index (χ1) is 11.6. The second-order valence-corrected chi connectivity index (χ2v) is 6.13. The third kappa shape index (κ3) is 3.84. The fraction of sp³-hybridized carbons (Fsp3) is 0.158. The number of carbonyl (C=O) groups is 1. The minimum absolute atomic E-state index is 0.162. The molecule has 0 spiro atoms. The van der Waals surface area contributed by atoms with Gasteiger partial charge in [0.15, 0.2) is 0 Å². The number of hydrogen-bond acceptors (Lipinski definition) is 2. The van der Waals surface area contributed by atoms with Crippen LogP contribution in [0.2, 0.25) is 5.02 Å². The Bertz CT molecular complexity index is 812. The predicted octanol–water partition coefficient (Wildman–Crippen LogP) is 4.26. The van der Waals surface area contributed by atoms with E-state index in [1.54, 1.807) is 18.2 Å². The SMILES string of the molecule is C[C@H](CNC(=O)c1cc(-c2ccc(Cl)cc2)n[nH]1)c1ccccc1. The molecule has 1 atom stereocenters. The lowest BCUT2D eigenvalue weighted by Gasteiger charge is -2.12. The lowest BCUT2D eigenvalue weighted by atomic mass is 10.0. The van der Waals surface area contributed by atoms with Crippen molar-refractivity contribution in [3.8, 4) is 11.3 Å². The lowest BCUT2D eigenvalue weighted by molar-refractivity contribution is 0.0946. The van der Waals surface area contributed by atoms with E-state index in [0.717, 1.165) is 5.56 Å². The molecule has 0 saturated heterocycles. The minimum Gasteiger partial charge on any atom is -0.350 e. The maximum absolute atomic E-state index is 12.3. The van der Waals surface area contributed by atoms with Crippen molar-refractivity contribution in [3.63, 3.8) is 0 Å². The number of hydrogen-bond donors (Lipinski definition) is 2. The van der Waals surface area contributed by atoms with Crippen molar-refractivity contribution < 1.29 is 4.79 Å². The fourth-order valence-electron chi connectivity index (χ4n) is 2.45. The van der Waals surface area contributed by atoms with Crippen molar-refractivity contribution in [1.29, 1.82) is 0 Å². The van der Waals surface area contributed by atoms with Crippen LogP contribution in [-0.2, 0) is 0 Å². The number of aromatic amines is 1. The highest BCUT2D eigenvalue weighted by Gasteiger charge is 2.12. The van der Waals surface area contributed by atoms with Crippen LogP contribution in [0.5, 0.6) is 0 Å². The van der Waals surface area contributed by atoms with Gasteiger partial charge in [-0.3, -0.25) is 9.89 Å². The summed E-state index contributed by atoms with van der Waals surface area (Å²) in [6, 6.07) is 19.2. The molecule has 0 radical (unpaired) electrons. The molecule has 3 rings (SSSR count). The Hall–Kier alpha value is -2.59. The number of H-pyrrole nitrogens is 1. The molecule has 5 heteroatoms. The van der Waals surface area contributed by atoms with E-state index in [9.17, 15) is 4.79 Å². The summed E-state index contributed by atoms with van der Waals surface area (Å²) >= 11 is 5.88. The molecule has 2 N–H and O–H groups in total. The zero-order valence-electron chi connectivity index (χ0n) is 13.3. The molecule has 122 valence electrons. The topological polar surface area (TPSA) is 57.8 Å². The first kappa shape index (κ1) is 16.3. The van der Waals surface area contributed by atoms with E-state index in [4.69, 9.17) is 11.6 Å². The summed E-state index contributed by atoms with van der Waals surface area (Å²) in [6.07, 6.45) is 0. The highest BCUT2D eigenvalue weighted by molar-refractivity contribution is 6.30. The maximum Gasteiger partial charge on any atom is 0.269 e. The van der Waals surface area contributed by atoms with Gasteiger partial charge in [0.05, 0.1) is 5.69 Å². The molecule has 1 amide bonds. The molecule has 3 aromatic rings. The molecule has 4 nitrogen and oxygen atoms in total. The molecule has 1 heterocycles. The zero-order chi connectivity index (χ0) is 16.9.